The molecule has 1 atom stereocenters. The summed E-state index contributed by atoms with van der Waals surface area (Å²) in [6.07, 6.45) is 1.93. The van der Waals surface area contributed by atoms with Crippen LogP contribution in [0.1, 0.15) is 35.1 Å². The minimum absolute atomic E-state index is 0.0647. The van der Waals surface area contributed by atoms with Crippen LogP contribution < -0.4 is 5.32 Å². The van der Waals surface area contributed by atoms with Crippen molar-refractivity contribution in [1.82, 2.24) is 9.88 Å². The quantitative estimate of drug-likeness (QED) is 0.884. The molecule has 116 valence electrons. The fourth-order valence-corrected chi connectivity index (χ4v) is 3.68. The van der Waals surface area contributed by atoms with E-state index in [9.17, 15) is 9.90 Å². The molecule has 22 heavy (non-hydrogen) atoms. The smallest absolute Gasteiger partial charge is 0.323 e. The van der Waals surface area contributed by atoms with Crippen molar-refractivity contribution in [3.8, 4) is 5.75 Å². The van der Waals surface area contributed by atoms with Crippen molar-refractivity contribution in [1.29, 1.82) is 0 Å². The maximum absolute atomic E-state index is 12.6. The molecule has 2 amide bonds. The van der Waals surface area contributed by atoms with Gasteiger partial charge in [0, 0.05) is 6.54 Å². The molecule has 2 N–H and O–H groups in total. The summed E-state index contributed by atoms with van der Waals surface area (Å²) < 4.78 is 0. The van der Waals surface area contributed by atoms with E-state index in [4.69, 9.17) is 0 Å². The molecule has 0 aliphatic carbocycles. The fourth-order valence-electron chi connectivity index (χ4n) is 2.87. The highest BCUT2D eigenvalue weighted by atomic mass is 32.1. The molecule has 2 aromatic rings. The van der Waals surface area contributed by atoms with Crippen LogP contribution in [0.25, 0.3) is 0 Å². The zero-order chi connectivity index (χ0) is 15.7. The van der Waals surface area contributed by atoms with Crippen LogP contribution in [-0.4, -0.2) is 27.6 Å². The number of phenolic OH excluding ortho intramolecular Hbond substituents is 1. The van der Waals surface area contributed by atoms with E-state index in [0.717, 1.165) is 40.7 Å². The number of benzene rings is 1. The lowest BCUT2D eigenvalue weighted by molar-refractivity contribution is 0.207. The highest BCUT2D eigenvalue weighted by Crippen LogP contribution is 2.33. The van der Waals surface area contributed by atoms with E-state index in [1.807, 2.05) is 30.9 Å². The standard InChI is InChI=1S/C16H19N3O2S/c1-10-15(22-11(2)17-10)18-16(21)19-9-3-4-14(19)12-5-7-13(20)8-6-12/h5-8,14,20H,3-4,9H2,1-2H3,(H,18,21). The number of hydrogen-bond donors (Lipinski definition) is 2. The molecule has 1 aliphatic rings. The Morgan fingerprint density at radius 3 is 2.73 bits per heavy atom. The molecule has 1 aromatic carbocycles. The molecule has 0 saturated carbocycles. The van der Waals surface area contributed by atoms with Crippen molar-refractivity contribution in [3.05, 3.63) is 40.5 Å². The average molecular weight is 317 g/mol. The Labute approximate surface area is 133 Å². The summed E-state index contributed by atoms with van der Waals surface area (Å²) >= 11 is 1.50. The van der Waals surface area contributed by atoms with Crippen molar-refractivity contribution >= 4 is 22.4 Å². The summed E-state index contributed by atoms with van der Waals surface area (Å²) in [6, 6.07) is 7.08. The summed E-state index contributed by atoms with van der Waals surface area (Å²) in [6.45, 7) is 4.58. The molecule has 1 aliphatic heterocycles. The topological polar surface area (TPSA) is 65.5 Å². The summed E-state index contributed by atoms with van der Waals surface area (Å²) in [7, 11) is 0. The van der Waals surface area contributed by atoms with E-state index in [1.165, 1.54) is 11.3 Å². The molecule has 3 rings (SSSR count). The Morgan fingerprint density at radius 1 is 1.36 bits per heavy atom. The molecule has 2 heterocycles. The molecule has 6 heteroatoms. The molecular formula is C16H19N3O2S. The van der Waals surface area contributed by atoms with Gasteiger partial charge in [0.15, 0.2) is 0 Å². The van der Waals surface area contributed by atoms with Crippen LogP contribution in [0.4, 0.5) is 9.80 Å². The van der Waals surface area contributed by atoms with Gasteiger partial charge in [-0.15, -0.1) is 11.3 Å². The lowest BCUT2D eigenvalue weighted by atomic mass is 10.0. The molecule has 0 spiro atoms. The van der Waals surface area contributed by atoms with Crippen LogP contribution in [0.3, 0.4) is 0 Å². The number of nitrogens with one attached hydrogen (secondary N) is 1. The highest BCUT2D eigenvalue weighted by molar-refractivity contribution is 7.16. The van der Waals surface area contributed by atoms with Gasteiger partial charge in [-0.05, 0) is 44.4 Å². The maximum Gasteiger partial charge on any atom is 0.323 e. The van der Waals surface area contributed by atoms with Crippen molar-refractivity contribution in [2.45, 2.75) is 32.7 Å². The van der Waals surface area contributed by atoms with Crippen LogP contribution in [0.5, 0.6) is 5.75 Å². The van der Waals surface area contributed by atoms with E-state index in [1.54, 1.807) is 12.1 Å². The molecule has 1 fully saturated rings. The summed E-state index contributed by atoms with van der Waals surface area (Å²) in [4.78, 5) is 18.8. The number of likely N-dealkylation sites (tertiary alicyclic amines) is 1. The predicted molar refractivity (Wildman–Crippen MR) is 87.4 cm³/mol. The van der Waals surface area contributed by atoms with E-state index >= 15 is 0 Å². The second-order valence-corrected chi connectivity index (χ2v) is 6.72. The molecule has 5 nitrogen and oxygen atoms in total. The van der Waals surface area contributed by atoms with Gasteiger partial charge in [-0.25, -0.2) is 9.78 Å². The van der Waals surface area contributed by atoms with Crippen molar-refractivity contribution in [3.63, 3.8) is 0 Å². The second-order valence-electron chi connectivity index (χ2n) is 5.52. The first kappa shape index (κ1) is 14.8. The van der Waals surface area contributed by atoms with E-state index < -0.39 is 0 Å². The normalized spacial score (nSPS) is 17.7. The number of aryl methyl sites for hydroxylation is 2. The summed E-state index contributed by atoms with van der Waals surface area (Å²) in [5.74, 6) is 0.244. The lowest BCUT2D eigenvalue weighted by Crippen LogP contribution is -2.34. The second kappa shape index (κ2) is 5.96. The van der Waals surface area contributed by atoms with E-state index in [-0.39, 0.29) is 17.8 Å². The predicted octanol–water partition coefficient (Wildman–Crippen LogP) is 3.83. The number of carbonyl (C=O) groups is 1. The van der Waals surface area contributed by atoms with Crippen molar-refractivity contribution in [2.75, 3.05) is 11.9 Å². The number of urea groups is 1. The molecule has 1 unspecified atom stereocenters. The van der Waals surface area contributed by atoms with Crippen LogP contribution in [0.2, 0.25) is 0 Å². The Bertz CT molecular complexity index is 681. The Morgan fingerprint density at radius 2 is 2.09 bits per heavy atom. The molecule has 1 saturated heterocycles. The first-order valence-electron chi connectivity index (χ1n) is 7.35. The first-order valence-corrected chi connectivity index (χ1v) is 8.17. The number of rotatable bonds is 2. The maximum atomic E-state index is 12.6. The number of amides is 2. The minimum Gasteiger partial charge on any atom is -0.508 e. The Hall–Kier alpha value is -2.08. The van der Waals surface area contributed by atoms with Gasteiger partial charge in [-0.3, -0.25) is 5.32 Å². The monoisotopic (exact) mass is 317 g/mol. The van der Waals surface area contributed by atoms with Crippen LogP contribution in [0.15, 0.2) is 24.3 Å². The van der Waals surface area contributed by atoms with Crippen LogP contribution in [0, 0.1) is 13.8 Å². The van der Waals surface area contributed by atoms with Crippen molar-refractivity contribution < 1.29 is 9.90 Å². The summed E-state index contributed by atoms with van der Waals surface area (Å²) in [5.41, 5.74) is 1.92. The van der Waals surface area contributed by atoms with Gasteiger partial charge < -0.3 is 10.0 Å². The first-order chi connectivity index (χ1) is 10.5. The number of hydrogen-bond acceptors (Lipinski definition) is 4. The number of thiazole rings is 1. The molecular weight excluding hydrogens is 298 g/mol. The van der Waals surface area contributed by atoms with Gasteiger partial charge in [-0.2, -0.15) is 0 Å². The molecule has 0 bridgehead atoms. The van der Waals surface area contributed by atoms with Gasteiger partial charge in [-0.1, -0.05) is 12.1 Å². The Kier molecular flexibility index (Phi) is 4.02. The van der Waals surface area contributed by atoms with E-state index in [0.29, 0.717) is 0 Å². The van der Waals surface area contributed by atoms with E-state index in [2.05, 4.69) is 10.3 Å². The number of aromatic nitrogens is 1. The number of carbonyl (C=O) groups excluding carboxylic acids is 1. The summed E-state index contributed by atoms with van der Waals surface area (Å²) in [5, 5.41) is 14.1. The third kappa shape index (κ3) is 2.92. The minimum atomic E-state index is -0.0812. The van der Waals surface area contributed by atoms with Gasteiger partial charge in [0.25, 0.3) is 0 Å². The third-order valence-corrected chi connectivity index (χ3v) is 4.90. The van der Waals surface area contributed by atoms with Gasteiger partial charge >= 0.3 is 6.03 Å². The number of phenols is 1. The molecule has 1 aromatic heterocycles. The fraction of sp³-hybridized carbons (Fsp3) is 0.375. The highest BCUT2D eigenvalue weighted by Gasteiger charge is 2.30. The SMILES string of the molecule is Cc1nc(C)c(NC(=O)N2CCCC2c2ccc(O)cc2)s1. The number of nitrogens with zero attached hydrogens (tertiary/aromatic N) is 2. The zero-order valence-electron chi connectivity index (χ0n) is 12.7. The van der Waals surface area contributed by atoms with Gasteiger partial charge in [0.1, 0.15) is 10.8 Å². The van der Waals surface area contributed by atoms with Gasteiger partial charge in [0.2, 0.25) is 0 Å². The zero-order valence-corrected chi connectivity index (χ0v) is 13.5. The van der Waals surface area contributed by atoms with Crippen LogP contribution in [-0.2, 0) is 0 Å². The average Bonchev–Trinajstić information content (AvgIpc) is 3.07. The molecule has 0 radical (unpaired) electrons. The van der Waals surface area contributed by atoms with Crippen LogP contribution >= 0.6 is 11.3 Å². The van der Waals surface area contributed by atoms with Gasteiger partial charge in [0.05, 0.1) is 16.7 Å². The lowest BCUT2D eigenvalue weighted by Gasteiger charge is -2.25. The Balaban J connectivity index is 1.76. The third-order valence-electron chi connectivity index (χ3n) is 3.92. The largest absolute Gasteiger partial charge is 0.508 e. The number of anilines is 1. The van der Waals surface area contributed by atoms with Crippen molar-refractivity contribution in [2.24, 2.45) is 0 Å². The number of aromatic hydroxyl groups is 1.